The van der Waals surface area contributed by atoms with Crippen LogP contribution in [0.5, 0.6) is 0 Å². The first-order valence-corrected chi connectivity index (χ1v) is 8.30. The van der Waals surface area contributed by atoms with Gasteiger partial charge in [0.2, 0.25) is 0 Å². The van der Waals surface area contributed by atoms with Crippen LogP contribution in [0.25, 0.3) is 0 Å². The van der Waals surface area contributed by atoms with Crippen LogP contribution in [0.1, 0.15) is 8.35 Å². The van der Waals surface area contributed by atoms with E-state index in [1.54, 1.807) is 0 Å². The number of hydrogen-bond donors (Lipinski definition) is 0. The molecule has 0 fully saturated rings. The molecule has 0 spiro atoms. The van der Waals surface area contributed by atoms with E-state index in [1.807, 2.05) is 0 Å². The van der Waals surface area contributed by atoms with Crippen molar-refractivity contribution in [3.05, 3.63) is 91.0 Å². The number of para-hydroxylation sites is 3. The summed E-state index contributed by atoms with van der Waals surface area (Å²) in [7, 11) is -6.00. The fourth-order valence-corrected chi connectivity index (χ4v) is 3.04. The summed E-state index contributed by atoms with van der Waals surface area (Å²) >= 11 is 0. The molecule has 0 bridgehead atoms. The van der Waals surface area contributed by atoms with E-state index in [4.69, 9.17) is 0 Å². The Labute approximate surface area is 152 Å². The minimum atomic E-state index is -6.00. The number of halogens is 4. The molecule has 0 N–H and O–H groups in total. The highest BCUT2D eigenvalue weighted by molar-refractivity contribution is 6.50. The zero-order valence-electron chi connectivity index (χ0n) is 15.4. The zero-order chi connectivity index (χ0) is 19.0. The third-order valence-electron chi connectivity index (χ3n) is 4.07. The van der Waals surface area contributed by atoms with Crippen LogP contribution in [0.2, 0.25) is 0 Å². The summed E-state index contributed by atoms with van der Waals surface area (Å²) in [6.07, 6.45) is 0. The van der Waals surface area contributed by atoms with Crippen molar-refractivity contribution in [3.8, 4) is 0 Å². The lowest BCUT2D eigenvalue weighted by Crippen LogP contribution is -2.38. The highest BCUT2D eigenvalue weighted by Gasteiger charge is 2.33. The average Bonchev–Trinajstić information content (AvgIpc) is 2.64. The van der Waals surface area contributed by atoms with Gasteiger partial charge in [-0.15, -0.1) is 0 Å². The smallest absolute Gasteiger partial charge is 0.418 e. The van der Waals surface area contributed by atoms with E-state index < -0.39 is 7.25 Å². The number of benzene rings is 3. The quantitative estimate of drug-likeness (QED) is 0.264. The maximum atomic E-state index is 9.75. The van der Waals surface area contributed by atoms with Crippen LogP contribution in [-0.2, 0) is 0 Å². The Morgan fingerprint density at radius 2 is 0.846 bits per heavy atom. The van der Waals surface area contributed by atoms with Crippen LogP contribution in [-0.4, -0.2) is 13.8 Å². The van der Waals surface area contributed by atoms with Crippen molar-refractivity contribution in [1.29, 1.82) is 0 Å². The van der Waals surface area contributed by atoms with Crippen molar-refractivity contribution in [2.45, 2.75) is 6.92 Å². The van der Waals surface area contributed by atoms with E-state index in [9.17, 15) is 17.3 Å². The SMILES string of the molecule is CC[N+](c1ccccc1)(c1ccccc1)c1ccccc1.F[B-](F)(F)F.[H+]. The van der Waals surface area contributed by atoms with Crippen LogP contribution in [0.3, 0.4) is 0 Å². The summed E-state index contributed by atoms with van der Waals surface area (Å²) < 4.78 is 39.7. The molecule has 6 heteroatoms. The molecule has 3 rings (SSSR count). The van der Waals surface area contributed by atoms with Gasteiger partial charge in [0.25, 0.3) is 0 Å². The Balaban J connectivity index is 0.000000542. The van der Waals surface area contributed by atoms with E-state index in [1.165, 1.54) is 17.1 Å². The first-order valence-electron chi connectivity index (χ1n) is 8.30. The normalized spacial score (nSPS) is 11.4. The van der Waals surface area contributed by atoms with Gasteiger partial charge in [0, 0.05) is 0 Å². The highest BCUT2D eigenvalue weighted by Crippen LogP contribution is 2.42. The van der Waals surface area contributed by atoms with Gasteiger partial charge >= 0.3 is 8.68 Å². The lowest BCUT2D eigenvalue weighted by atomic mass is 10.1. The minimum absolute atomic E-state index is 0. The summed E-state index contributed by atoms with van der Waals surface area (Å²) in [5, 5.41) is 0. The molecule has 0 aromatic heterocycles. The van der Waals surface area contributed by atoms with Crippen LogP contribution >= 0.6 is 0 Å². The second-order valence-electron chi connectivity index (χ2n) is 5.63. The van der Waals surface area contributed by atoms with Gasteiger partial charge in [-0.1, -0.05) is 54.6 Å². The topological polar surface area (TPSA) is 0 Å². The molecule has 0 aliphatic carbocycles. The lowest BCUT2D eigenvalue weighted by Gasteiger charge is -2.36. The second-order valence-corrected chi connectivity index (χ2v) is 5.63. The molecule has 0 saturated carbocycles. The van der Waals surface area contributed by atoms with Gasteiger partial charge in [-0.2, -0.15) is 0 Å². The largest absolute Gasteiger partial charge is 1.00 e. The molecule has 26 heavy (non-hydrogen) atoms. The van der Waals surface area contributed by atoms with E-state index in [0.717, 1.165) is 11.0 Å². The van der Waals surface area contributed by atoms with Crippen LogP contribution in [0.4, 0.5) is 34.3 Å². The Hall–Kier alpha value is -2.60. The molecule has 0 atom stereocenters. The number of quaternary nitrogens is 1. The molecule has 0 aliphatic rings. The number of rotatable bonds is 4. The molecule has 0 unspecified atom stereocenters. The lowest BCUT2D eigenvalue weighted by molar-refractivity contribution is 0.368. The molecule has 1 nitrogen and oxygen atoms in total. The Bertz CT molecular complexity index is 681. The summed E-state index contributed by atoms with van der Waals surface area (Å²) in [6.45, 7) is 3.21. The van der Waals surface area contributed by atoms with E-state index >= 15 is 0 Å². The van der Waals surface area contributed by atoms with E-state index in [0.29, 0.717) is 0 Å². The Morgan fingerprint density at radius 3 is 1.04 bits per heavy atom. The van der Waals surface area contributed by atoms with E-state index in [-0.39, 0.29) is 1.43 Å². The molecule has 0 amide bonds. The van der Waals surface area contributed by atoms with Crippen molar-refractivity contribution < 1.29 is 18.7 Å². The third-order valence-corrected chi connectivity index (χ3v) is 4.07. The molecule has 0 aliphatic heterocycles. The Kier molecular flexibility index (Phi) is 6.58. The summed E-state index contributed by atoms with van der Waals surface area (Å²) in [5.41, 5.74) is 3.87. The first kappa shape index (κ1) is 19.7. The molecule has 3 aromatic rings. The Morgan fingerprint density at radius 1 is 0.615 bits per heavy atom. The highest BCUT2D eigenvalue weighted by atomic mass is 19.5. The predicted octanol–water partition coefficient (Wildman–Crippen LogP) is 7.09. The maximum absolute atomic E-state index is 9.75. The van der Waals surface area contributed by atoms with Crippen LogP contribution < -0.4 is 4.48 Å². The van der Waals surface area contributed by atoms with Gasteiger partial charge < -0.3 is 17.3 Å². The summed E-state index contributed by atoms with van der Waals surface area (Å²) in [4.78, 5) is 0. The molecule has 0 radical (unpaired) electrons. The van der Waals surface area contributed by atoms with Crippen molar-refractivity contribution in [1.82, 2.24) is 4.48 Å². The monoisotopic (exact) mass is 362 g/mol. The predicted molar refractivity (Wildman–Crippen MR) is 102 cm³/mol. The zero-order valence-corrected chi connectivity index (χ0v) is 14.4. The van der Waals surface area contributed by atoms with Gasteiger partial charge in [-0.05, 0) is 43.3 Å². The van der Waals surface area contributed by atoms with Crippen molar-refractivity contribution in [2.24, 2.45) is 0 Å². The van der Waals surface area contributed by atoms with Crippen molar-refractivity contribution in [2.75, 3.05) is 6.54 Å². The van der Waals surface area contributed by atoms with Gasteiger partial charge in [-0.3, -0.25) is 0 Å². The number of hydrogen-bond acceptors (Lipinski definition) is 0. The van der Waals surface area contributed by atoms with Gasteiger partial charge in [0.05, 0.1) is 6.54 Å². The summed E-state index contributed by atoms with van der Waals surface area (Å²) in [5.74, 6) is 0. The molecule has 0 heterocycles. The average molecular weight is 362 g/mol. The van der Waals surface area contributed by atoms with Crippen LogP contribution in [0, 0.1) is 0 Å². The van der Waals surface area contributed by atoms with Gasteiger partial charge in [0.1, 0.15) is 17.1 Å². The van der Waals surface area contributed by atoms with Crippen molar-refractivity contribution in [3.63, 3.8) is 0 Å². The standard InChI is InChI=1S/C20H20N.BF4/c1-2-21(18-12-6-3-7-13-18,19-14-8-4-9-15-19)20-16-10-5-11-17-20;2-1(3,4)5/h3-17H,2H2,1H3;/q+1;-1/p+1. The molecule has 3 aromatic carbocycles. The van der Waals surface area contributed by atoms with Crippen molar-refractivity contribution >= 4 is 24.3 Å². The molecular weight excluding hydrogens is 341 g/mol. The second kappa shape index (κ2) is 8.67. The van der Waals surface area contributed by atoms with Gasteiger partial charge in [0.15, 0.2) is 0 Å². The maximum Gasteiger partial charge on any atom is 1.00 e. The molecule has 0 saturated heterocycles. The fraction of sp³-hybridized carbons (Fsp3) is 0.100. The fourth-order valence-electron chi connectivity index (χ4n) is 3.04. The minimum Gasteiger partial charge on any atom is -0.418 e. The van der Waals surface area contributed by atoms with E-state index in [2.05, 4.69) is 97.9 Å². The van der Waals surface area contributed by atoms with Crippen LogP contribution in [0.15, 0.2) is 91.0 Å². The molecular formula is C20H21BF4N+. The van der Waals surface area contributed by atoms with Gasteiger partial charge in [-0.25, -0.2) is 4.48 Å². The molecule has 136 valence electrons. The summed E-state index contributed by atoms with van der Waals surface area (Å²) in [6, 6.07) is 32.2. The first-order chi connectivity index (χ1) is 12.4. The number of nitrogens with zero attached hydrogens (tertiary/aromatic N) is 1. The third kappa shape index (κ3) is 4.96.